The van der Waals surface area contributed by atoms with Gasteiger partial charge in [0.25, 0.3) is 5.56 Å². The molecule has 0 amide bonds. The standard InChI is InChI=1S/C28H38N4O4/c33-26-25(30-15-14-28(36,18-30)27(34)35)29-23-10-6-7-11-24(23)32(26)22-16-20-12-13-21(17-22)31(20)19-8-4-2-1-3-5-9-19/h6-7,10-11,19-22,36H,1-5,8-9,12-18H2,(H,34,35)/t20-,21?,22+,28?/m0/s1. The SMILES string of the molecule is O=C(O)C1(O)CCN(c2nc3ccccc3n([C@H]3CC4CC[C@@H](C3)N4C3CCCCCCC3)c2=O)C1. The van der Waals surface area contributed by atoms with E-state index in [1.165, 1.54) is 57.8 Å². The van der Waals surface area contributed by atoms with E-state index >= 15 is 0 Å². The lowest BCUT2D eigenvalue weighted by Crippen LogP contribution is -2.50. The van der Waals surface area contributed by atoms with Crippen LogP contribution in [-0.4, -0.2) is 67.4 Å². The van der Waals surface area contributed by atoms with Gasteiger partial charge in [-0.1, -0.05) is 44.2 Å². The van der Waals surface area contributed by atoms with Crippen molar-refractivity contribution in [3.05, 3.63) is 34.6 Å². The second kappa shape index (κ2) is 9.45. The summed E-state index contributed by atoms with van der Waals surface area (Å²) in [6, 6.07) is 9.61. The summed E-state index contributed by atoms with van der Waals surface area (Å²) < 4.78 is 1.95. The molecule has 36 heavy (non-hydrogen) atoms. The van der Waals surface area contributed by atoms with E-state index in [0.717, 1.165) is 23.9 Å². The Bertz CT molecular complexity index is 1180. The number of carboxylic acids is 1. The number of aromatic nitrogens is 2. The molecular weight excluding hydrogens is 456 g/mol. The van der Waals surface area contributed by atoms with Crippen LogP contribution in [0.2, 0.25) is 0 Å². The van der Waals surface area contributed by atoms with Crippen LogP contribution in [0.3, 0.4) is 0 Å². The summed E-state index contributed by atoms with van der Waals surface area (Å²) in [6.45, 7) is 0.184. The first-order valence-electron chi connectivity index (χ1n) is 13.9. The molecule has 6 rings (SSSR count). The van der Waals surface area contributed by atoms with Crippen molar-refractivity contribution in [1.29, 1.82) is 0 Å². The average Bonchev–Trinajstić information content (AvgIpc) is 3.36. The average molecular weight is 495 g/mol. The highest BCUT2D eigenvalue weighted by Gasteiger charge is 2.46. The predicted molar refractivity (Wildman–Crippen MR) is 138 cm³/mol. The second-order valence-corrected chi connectivity index (χ2v) is 11.6. The normalized spacial score (nSPS) is 32.0. The molecular formula is C28H38N4O4. The highest BCUT2D eigenvalue weighted by atomic mass is 16.4. The first-order valence-corrected chi connectivity index (χ1v) is 13.9. The van der Waals surface area contributed by atoms with E-state index in [0.29, 0.717) is 24.7 Å². The number of hydrogen-bond acceptors (Lipinski definition) is 6. The molecule has 3 aliphatic heterocycles. The van der Waals surface area contributed by atoms with Crippen LogP contribution in [0.5, 0.6) is 0 Å². The fourth-order valence-electron chi connectivity index (χ4n) is 7.58. The van der Waals surface area contributed by atoms with Gasteiger partial charge in [-0.3, -0.25) is 9.69 Å². The molecule has 2 aromatic rings. The largest absolute Gasteiger partial charge is 0.479 e. The molecule has 1 aromatic carbocycles. The zero-order valence-corrected chi connectivity index (χ0v) is 21.0. The van der Waals surface area contributed by atoms with Gasteiger partial charge in [-0.2, -0.15) is 0 Å². The Labute approximate surface area is 211 Å². The molecule has 4 aliphatic rings. The highest BCUT2D eigenvalue weighted by Crippen LogP contribution is 2.44. The molecule has 194 valence electrons. The number of nitrogens with zero attached hydrogens (tertiary/aromatic N) is 4. The maximum absolute atomic E-state index is 14.0. The van der Waals surface area contributed by atoms with E-state index in [2.05, 4.69) is 9.88 Å². The number of para-hydroxylation sites is 2. The van der Waals surface area contributed by atoms with Gasteiger partial charge in [0.2, 0.25) is 0 Å². The number of benzene rings is 1. The van der Waals surface area contributed by atoms with Gasteiger partial charge in [-0.05, 0) is 50.7 Å². The zero-order valence-electron chi connectivity index (χ0n) is 21.0. The van der Waals surface area contributed by atoms with Crippen molar-refractivity contribution in [1.82, 2.24) is 14.5 Å². The van der Waals surface area contributed by atoms with Crippen LogP contribution in [0, 0.1) is 0 Å². The van der Waals surface area contributed by atoms with E-state index in [1.807, 2.05) is 28.8 Å². The molecule has 1 saturated carbocycles. The predicted octanol–water partition coefficient (Wildman–Crippen LogP) is 3.70. The molecule has 0 spiro atoms. The van der Waals surface area contributed by atoms with E-state index in [9.17, 15) is 19.8 Å². The summed E-state index contributed by atoms with van der Waals surface area (Å²) in [7, 11) is 0. The Hall–Kier alpha value is -2.45. The van der Waals surface area contributed by atoms with Crippen LogP contribution in [-0.2, 0) is 4.79 Å². The summed E-state index contributed by atoms with van der Waals surface area (Å²) in [6.07, 6.45) is 13.8. The van der Waals surface area contributed by atoms with Crippen molar-refractivity contribution in [3.8, 4) is 0 Å². The molecule has 3 saturated heterocycles. The van der Waals surface area contributed by atoms with Gasteiger partial charge in [0.1, 0.15) is 0 Å². The molecule has 0 radical (unpaired) electrons. The van der Waals surface area contributed by atoms with Crippen molar-refractivity contribution in [2.24, 2.45) is 0 Å². The fourth-order valence-corrected chi connectivity index (χ4v) is 7.58. The molecule has 2 N–H and O–H groups in total. The van der Waals surface area contributed by atoms with Gasteiger partial charge >= 0.3 is 5.97 Å². The Morgan fingerprint density at radius 2 is 1.58 bits per heavy atom. The van der Waals surface area contributed by atoms with Gasteiger partial charge in [-0.15, -0.1) is 0 Å². The van der Waals surface area contributed by atoms with Crippen molar-refractivity contribution >= 4 is 22.8 Å². The smallest absolute Gasteiger partial charge is 0.337 e. The Kier molecular flexibility index (Phi) is 6.28. The van der Waals surface area contributed by atoms with Gasteiger partial charge in [0, 0.05) is 37.1 Å². The number of anilines is 1. The number of aliphatic carboxylic acids is 1. The molecule has 2 bridgehead atoms. The topological polar surface area (TPSA) is 98.9 Å². The van der Waals surface area contributed by atoms with Crippen molar-refractivity contribution < 1.29 is 15.0 Å². The van der Waals surface area contributed by atoms with Gasteiger partial charge in [0.15, 0.2) is 11.4 Å². The van der Waals surface area contributed by atoms with E-state index in [4.69, 9.17) is 0 Å². The summed E-state index contributed by atoms with van der Waals surface area (Å²) in [5, 5.41) is 20.0. The first kappa shape index (κ1) is 23.9. The zero-order chi connectivity index (χ0) is 24.9. The second-order valence-electron chi connectivity index (χ2n) is 11.6. The molecule has 4 fully saturated rings. The van der Waals surface area contributed by atoms with E-state index < -0.39 is 11.6 Å². The van der Waals surface area contributed by atoms with Crippen molar-refractivity contribution in [3.63, 3.8) is 0 Å². The van der Waals surface area contributed by atoms with Crippen LogP contribution >= 0.6 is 0 Å². The summed E-state index contributed by atoms with van der Waals surface area (Å²) in [5.41, 5.74) is -0.408. The number of carbonyl (C=O) groups is 1. The molecule has 1 aliphatic carbocycles. The van der Waals surface area contributed by atoms with Crippen LogP contribution in [0.25, 0.3) is 11.0 Å². The third-order valence-electron chi connectivity index (χ3n) is 9.35. The minimum atomic E-state index is -1.84. The molecule has 4 heterocycles. The monoisotopic (exact) mass is 494 g/mol. The fraction of sp³-hybridized carbons (Fsp3) is 0.679. The number of aliphatic hydroxyl groups is 1. The van der Waals surface area contributed by atoms with Gasteiger partial charge in [0.05, 0.1) is 17.6 Å². The molecule has 4 atom stereocenters. The number of β-amino-alcohol motifs (C(OH)–C–C–N with tert-alkyl or cyclic N) is 1. The molecule has 1 aromatic heterocycles. The number of piperidine rings is 1. The number of fused-ring (bicyclic) bond motifs is 3. The minimum absolute atomic E-state index is 0.0835. The number of hydrogen-bond donors (Lipinski definition) is 2. The lowest BCUT2D eigenvalue weighted by atomic mass is 9.89. The quantitative estimate of drug-likeness (QED) is 0.669. The molecule has 8 heteroatoms. The van der Waals surface area contributed by atoms with Crippen LogP contribution in [0.1, 0.15) is 83.1 Å². The van der Waals surface area contributed by atoms with Gasteiger partial charge in [-0.25, -0.2) is 9.78 Å². The first-order chi connectivity index (χ1) is 17.4. The Balaban J connectivity index is 1.33. The van der Waals surface area contributed by atoms with Crippen LogP contribution in [0.4, 0.5) is 5.82 Å². The third kappa shape index (κ3) is 4.12. The third-order valence-corrected chi connectivity index (χ3v) is 9.35. The molecule has 2 unspecified atom stereocenters. The summed E-state index contributed by atoms with van der Waals surface area (Å²) in [4.78, 5) is 34.8. The van der Waals surface area contributed by atoms with Gasteiger partial charge < -0.3 is 19.7 Å². The van der Waals surface area contributed by atoms with Crippen molar-refractivity contribution in [2.75, 3.05) is 18.0 Å². The maximum atomic E-state index is 14.0. The van der Waals surface area contributed by atoms with Crippen LogP contribution < -0.4 is 10.5 Å². The highest BCUT2D eigenvalue weighted by molar-refractivity contribution is 5.80. The Morgan fingerprint density at radius 1 is 0.917 bits per heavy atom. The Morgan fingerprint density at radius 3 is 2.25 bits per heavy atom. The van der Waals surface area contributed by atoms with Crippen LogP contribution in [0.15, 0.2) is 29.1 Å². The number of rotatable bonds is 4. The number of carboxylic acid groups (broad SMARTS) is 1. The van der Waals surface area contributed by atoms with E-state index in [1.54, 1.807) is 4.90 Å². The maximum Gasteiger partial charge on any atom is 0.337 e. The molecule has 8 nitrogen and oxygen atoms in total. The summed E-state index contributed by atoms with van der Waals surface area (Å²) >= 11 is 0. The van der Waals surface area contributed by atoms with Crippen molar-refractivity contribution in [2.45, 2.75) is 107 Å². The van der Waals surface area contributed by atoms with E-state index in [-0.39, 0.29) is 30.4 Å². The lowest BCUT2D eigenvalue weighted by Gasteiger charge is -2.45. The summed E-state index contributed by atoms with van der Waals surface area (Å²) in [5.74, 6) is -0.982. The lowest BCUT2D eigenvalue weighted by molar-refractivity contribution is -0.156. The minimum Gasteiger partial charge on any atom is -0.479 e.